The van der Waals surface area contributed by atoms with Gasteiger partial charge in [0.25, 0.3) is 5.91 Å². The standard InChI is InChI=1S/C16H25N3O6/c1-14(2,3)24-10(20)9-7-16(11(21)17-12(22)18-16)8-19(9)13(23)25-15(4,5)6/h9H,7-8H2,1-6H3,(H2,17,18,21,22)/t9-,16+/m0/s1. The molecule has 2 aliphatic heterocycles. The van der Waals surface area contributed by atoms with Crippen molar-refractivity contribution in [3.63, 3.8) is 0 Å². The van der Waals surface area contributed by atoms with Gasteiger partial charge in [-0.25, -0.2) is 14.4 Å². The number of carbonyl (C=O) groups is 4. The summed E-state index contributed by atoms with van der Waals surface area (Å²) in [5.41, 5.74) is -2.88. The number of imide groups is 1. The topological polar surface area (TPSA) is 114 Å². The Labute approximate surface area is 146 Å². The number of hydrogen-bond acceptors (Lipinski definition) is 6. The highest BCUT2D eigenvalue weighted by atomic mass is 16.6. The van der Waals surface area contributed by atoms with Crippen molar-refractivity contribution in [2.45, 2.75) is 70.7 Å². The number of urea groups is 1. The van der Waals surface area contributed by atoms with E-state index in [0.717, 1.165) is 4.90 Å². The molecule has 2 aliphatic rings. The van der Waals surface area contributed by atoms with Crippen LogP contribution in [0.3, 0.4) is 0 Å². The number of likely N-dealkylation sites (tertiary alicyclic amines) is 1. The minimum Gasteiger partial charge on any atom is -0.458 e. The summed E-state index contributed by atoms with van der Waals surface area (Å²) in [6.45, 7) is 10.0. The van der Waals surface area contributed by atoms with Crippen LogP contribution in [0.5, 0.6) is 0 Å². The van der Waals surface area contributed by atoms with Crippen LogP contribution in [-0.4, -0.2) is 58.2 Å². The van der Waals surface area contributed by atoms with Crippen molar-refractivity contribution in [1.29, 1.82) is 0 Å². The Bertz CT molecular complexity index is 580. The van der Waals surface area contributed by atoms with Gasteiger partial charge in [0.2, 0.25) is 0 Å². The van der Waals surface area contributed by atoms with Gasteiger partial charge in [0.15, 0.2) is 0 Å². The average Bonchev–Trinajstić information content (AvgIpc) is 2.87. The Kier molecular flexibility index (Phi) is 4.48. The number of esters is 1. The number of nitrogens with zero attached hydrogens (tertiary/aromatic N) is 1. The third kappa shape index (κ3) is 4.21. The van der Waals surface area contributed by atoms with Crippen molar-refractivity contribution in [1.82, 2.24) is 15.5 Å². The molecule has 0 aromatic rings. The first-order chi connectivity index (χ1) is 11.2. The number of rotatable bonds is 1. The van der Waals surface area contributed by atoms with Crippen molar-refractivity contribution in [3.05, 3.63) is 0 Å². The first kappa shape index (κ1) is 19.0. The van der Waals surface area contributed by atoms with Gasteiger partial charge in [-0.3, -0.25) is 15.0 Å². The van der Waals surface area contributed by atoms with E-state index in [1.165, 1.54) is 0 Å². The van der Waals surface area contributed by atoms with Crippen LogP contribution in [0.2, 0.25) is 0 Å². The summed E-state index contributed by atoms with van der Waals surface area (Å²) >= 11 is 0. The largest absolute Gasteiger partial charge is 0.458 e. The maximum Gasteiger partial charge on any atom is 0.411 e. The Morgan fingerprint density at radius 2 is 1.64 bits per heavy atom. The highest BCUT2D eigenvalue weighted by Gasteiger charge is 2.58. The van der Waals surface area contributed by atoms with E-state index in [-0.39, 0.29) is 13.0 Å². The zero-order valence-corrected chi connectivity index (χ0v) is 15.4. The Morgan fingerprint density at radius 3 is 2.08 bits per heavy atom. The number of carbonyl (C=O) groups excluding carboxylic acids is 4. The molecular formula is C16H25N3O6. The molecule has 0 bridgehead atoms. The lowest BCUT2D eigenvalue weighted by atomic mass is 9.96. The molecular weight excluding hydrogens is 330 g/mol. The molecule has 0 aromatic heterocycles. The van der Waals surface area contributed by atoms with Crippen LogP contribution in [0.25, 0.3) is 0 Å². The van der Waals surface area contributed by atoms with Gasteiger partial charge in [0.05, 0.1) is 6.54 Å². The predicted molar refractivity (Wildman–Crippen MR) is 86.6 cm³/mol. The molecule has 9 heteroatoms. The highest BCUT2D eigenvalue weighted by Crippen LogP contribution is 2.32. The Morgan fingerprint density at radius 1 is 1.08 bits per heavy atom. The van der Waals surface area contributed by atoms with E-state index >= 15 is 0 Å². The number of ether oxygens (including phenoxy) is 2. The van der Waals surface area contributed by atoms with Gasteiger partial charge in [-0.05, 0) is 41.5 Å². The summed E-state index contributed by atoms with van der Waals surface area (Å²) in [6, 6.07) is -1.68. The van der Waals surface area contributed by atoms with E-state index < -0.39 is 46.8 Å². The van der Waals surface area contributed by atoms with Crippen LogP contribution >= 0.6 is 0 Å². The lowest BCUT2D eigenvalue weighted by Crippen LogP contribution is -2.50. The molecule has 2 heterocycles. The third-order valence-corrected chi connectivity index (χ3v) is 3.68. The smallest absolute Gasteiger partial charge is 0.411 e. The molecule has 25 heavy (non-hydrogen) atoms. The fourth-order valence-electron chi connectivity index (χ4n) is 2.78. The first-order valence-electron chi connectivity index (χ1n) is 8.09. The number of amides is 4. The van der Waals surface area contributed by atoms with Crippen molar-refractivity contribution in [2.75, 3.05) is 6.54 Å². The van der Waals surface area contributed by atoms with E-state index in [4.69, 9.17) is 9.47 Å². The minimum atomic E-state index is -1.35. The second kappa shape index (κ2) is 5.89. The normalized spacial score (nSPS) is 26.5. The van der Waals surface area contributed by atoms with Crippen LogP contribution in [0.15, 0.2) is 0 Å². The van der Waals surface area contributed by atoms with Crippen molar-refractivity contribution < 1.29 is 28.7 Å². The second-order valence-corrected chi connectivity index (χ2v) is 8.35. The molecule has 0 unspecified atom stereocenters. The van der Waals surface area contributed by atoms with Gasteiger partial charge in [0.1, 0.15) is 22.8 Å². The summed E-state index contributed by atoms with van der Waals surface area (Å²) in [6.07, 6.45) is -0.812. The zero-order chi connectivity index (χ0) is 19.2. The predicted octanol–water partition coefficient (Wildman–Crippen LogP) is 0.916. The molecule has 0 aliphatic carbocycles. The molecule has 2 fully saturated rings. The van der Waals surface area contributed by atoms with Crippen molar-refractivity contribution in [2.24, 2.45) is 0 Å². The Balaban J connectivity index is 2.29. The SMILES string of the molecule is CC(C)(C)OC(=O)[C@@H]1C[C@]2(CN1C(=O)OC(C)(C)C)NC(=O)NC2=O. The van der Waals surface area contributed by atoms with E-state index in [0.29, 0.717) is 0 Å². The molecule has 2 N–H and O–H groups in total. The summed E-state index contributed by atoms with van der Waals surface area (Å²) in [7, 11) is 0. The molecule has 0 saturated carbocycles. The molecule has 0 aromatic carbocycles. The fourth-order valence-corrected chi connectivity index (χ4v) is 2.78. The lowest BCUT2D eigenvalue weighted by Gasteiger charge is -2.29. The van der Waals surface area contributed by atoms with Gasteiger partial charge in [-0.1, -0.05) is 0 Å². The van der Waals surface area contributed by atoms with Gasteiger partial charge in [-0.15, -0.1) is 0 Å². The molecule has 140 valence electrons. The van der Waals surface area contributed by atoms with Crippen LogP contribution < -0.4 is 10.6 Å². The highest BCUT2D eigenvalue weighted by molar-refractivity contribution is 6.08. The van der Waals surface area contributed by atoms with Gasteiger partial charge >= 0.3 is 18.1 Å². The molecule has 2 atom stereocenters. The van der Waals surface area contributed by atoms with E-state index in [1.807, 2.05) is 0 Å². The van der Waals surface area contributed by atoms with Crippen LogP contribution in [0.4, 0.5) is 9.59 Å². The van der Waals surface area contributed by atoms with Crippen LogP contribution in [0.1, 0.15) is 48.0 Å². The number of nitrogens with one attached hydrogen (secondary N) is 2. The minimum absolute atomic E-state index is 0.0707. The van der Waals surface area contributed by atoms with Crippen molar-refractivity contribution >= 4 is 24.0 Å². The monoisotopic (exact) mass is 355 g/mol. The molecule has 4 amide bonds. The summed E-state index contributed by atoms with van der Waals surface area (Å²) in [5.74, 6) is -1.22. The lowest BCUT2D eigenvalue weighted by molar-refractivity contribution is -0.160. The third-order valence-electron chi connectivity index (χ3n) is 3.68. The Hall–Kier alpha value is -2.32. The van der Waals surface area contributed by atoms with Gasteiger partial charge < -0.3 is 14.8 Å². The quantitative estimate of drug-likeness (QED) is 0.534. The number of hydrogen-bond donors (Lipinski definition) is 2. The second-order valence-electron chi connectivity index (χ2n) is 8.35. The molecule has 2 saturated heterocycles. The van der Waals surface area contributed by atoms with E-state index in [1.54, 1.807) is 41.5 Å². The van der Waals surface area contributed by atoms with E-state index in [2.05, 4.69) is 10.6 Å². The molecule has 0 radical (unpaired) electrons. The maximum atomic E-state index is 12.6. The van der Waals surface area contributed by atoms with E-state index in [9.17, 15) is 19.2 Å². The van der Waals surface area contributed by atoms with Crippen LogP contribution in [-0.2, 0) is 19.1 Å². The summed E-state index contributed by atoms with van der Waals surface area (Å²) < 4.78 is 10.7. The summed E-state index contributed by atoms with van der Waals surface area (Å²) in [5, 5.41) is 4.66. The fraction of sp³-hybridized carbons (Fsp3) is 0.750. The van der Waals surface area contributed by atoms with Crippen LogP contribution in [0, 0.1) is 0 Å². The zero-order valence-electron chi connectivity index (χ0n) is 15.4. The van der Waals surface area contributed by atoms with Gasteiger partial charge in [0, 0.05) is 6.42 Å². The molecule has 9 nitrogen and oxygen atoms in total. The maximum absolute atomic E-state index is 12.6. The van der Waals surface area contributed by atoms with Crippen molar-refractivity contribution in [3.8, 4) is 0 Å². The van der Waals surface area contributed by atoms with Gasteiger partial charge in [-0.2, -0.15) is 0 Å². The molecule has 1 spiro atoms. The molecule has 2 rings (SSSR count). The first-order valence-corrected chi connectivity index (χ1v) is 8.09. The summed E-state index contributed by atoms with van der Waals surface area (Å²) in [4.78, 5) is 49.9. The average molecular weight is 355 g/mol.